The highest BCUT2D eigenvalue weighted by Gasteiger charge is 2.19. The first-order valence-electron chi connectivity index (χ1n) is 7.43. The maximum Gasteiger partial charge on any atom is 0.123 e. The largest absolute Gasteiger partial charge is 0.508 e. The van der Waals surface area contributed by atoms with Crippen molar-refractivity contribution in [3.8, 4) is 5.75 Å². The van der Waals surface area contributed by atoms with Crippen LogP contribution in [-0.2, 0) is 0 Å². The van der Waals surface area contributed by atoms with Gasteiger partial charge >= 0.3 is 0 Å². The number of nitrogens with zero attached hydrogens (tertiary/aromatic N) is 1. The molecule has 21 heavy (non-hydrogen) atoms. The average Bonchev–Trinajstić information content (AvgIpc) is 2.51. The minimum absolute atomic E-state index is 0.0883. The number of rotatable bonds is 6. The van der Waals surface area contributed by atoms with Gasteiger partial charge in [-0.05, 0) is 43.7 Å². The summed E-state index contributed by atoms with van der Waals surface area (Å²) in [7, 11) is 0. The monoisotopic (exact) mass is 287 g/mol. The predicted molar refractivity (Wildman–Crippen MR) is 85.2 cm³/mol. The van der Waals surface area contributed by atoms with Crippen molar-refractivity contribution in [2.24, 2.45) is 0 Å². The van der Waals surface area contributed by atoms with Crippen LogP contribution in [0.5, 0.6) is 5.75 Å². The Balaban J connectivity index is 2.33. The van der Waals surface area contributed by atoms with E-state index in [4.69, 9.17) is 0 Å². The van der Waals surface area contributed by atoms with Crippen LogP contribution < -0.4 is 4.90 Å². The lowest BCUT2D eigenvalue weighted by Crippen LogP contribution is -2.28. The Kier molecular flexibility index (Phi) is 5.20. The van der Waals surface area contributed by atoms with Crippen LogP contribution in [0.1, 0.15) is 38.3 Å². The van der Waals surface area contributed by atoms with E-state index < -0.39 is 0 Å². The van der Waals surface area contributed by atoms with E-state index in [1.54, 1.807) is 0 Å². The third-order valence-corrected chi connectivity index (χ3v) is 3.75. The molecule has 0 saturated carbocycles. The summed E-state index contributed by atoms with van der Waals surface area (Å²) in [5, 5.41) is 10.0. The smallest absolute Gasteiger partial charge is 0.123 e. The molecule has 2 nitrogen and oxygen atoms in total. The van der Waals surface area contributed by atoms with Crippen LogP contribution in [0.15, 0.2) is 48.5 Å². The number of phenolic OH excluding ortho intramolecular Hbond substituents is 1. The summed E-state index contributed by atoms with van der Waals surface area (Å²) in [6.45, 7) is 5.02. The molecule has 1 N–H and O–H groups in total. The zero-order chi connectivity index (χ0) is 15.2. The van der Waals surface area contributed by atoms with E-state index >= 15 is 0 Å². The normalized spacial score (nSPS) is 12.1. The van der Waals surface area contributed by atoms with Gasteiger partial charge in [0.05, 0.1) is 6.04 Å². The van der Waals surface area contributed by atoms with Gasteiger partial charge in [-0.3, -0.25) is 0 Å². The molecular weight excluding hydrogens is 265 g/mol. The zero-order valence-electron chi connectivity index (χ0n) is 12.6. The standard InChI is InChI=1S/C18H22FNO/c1-3-4-12-20(16-8-6-5-7-9-16)14(2)17-13-15(19)10-11-18(17)21/h5-11,13-14,21H,3-4,12H2,1-2H3. The third-order valence-electron chi connectivity index (χ3n) is 3.75. The first-order valence-corrected chi connectivity index (χ1v) is 7.43. The fourth-order valence-corrected chi connectivity index (χ4v) is 2.52. The van der Waals surface area contributed by atoms with Gasteiger partial charge in [-0.1, -0.05) is 31.5 Å². The van der Waals surface area contributed by atoms with E-state index in [2.05, 4.69) is 11.8 Å². The summed E-state index contributed by atoms with van der Waals surface area (Å²) < 4.78 is 13.5. The van der Waals surface area contributed by atoms with Gasteiger partial charge in [-0.2, -0.15) is 0 Å². The van der Waals surface area contributed by atoms with E-state index in [9.17, 15) is 9.50 Å². The van der Waals surface area contributed by atoms with Crippen LogP contribution in [0, 0.1) is 5.82 Å². The molecule has 0 bridgehead atoms. The molecule has 2 aromatic carbocycles. The minimum Gasteiger partial charge on any atom is -0.508 e. The topological polar surface area (TPSA) is 23.5 Å². The van der Waals surface area contributed by atoms with E-state index in [1.165, 1.54) is 18.2 Å². The number of aromatic hydroxyl groups is 1. The molecule has 112 valence electrons. The SMILES string of the molecule is CCCCN(c1ccccc1)C(C)c1cc(F)ccc1O. The first kappa shape index (κ1) is 15.4. The molecule has 1 atom stereocenters. The zero-order valence-corrected chi connectivity index (χ0v) is 12.6. The number of unbranched alkanes of at least 4 members (excludes halogenated alkanes) is 1. The van der Waals surface area contributed by atoms with Gasteiger partial charge < -0.3 is 10.0 Å². The van der Waals surface area contributed by atoms with Crippen LogP contribution in [0.25, 0.3) is 0 Å². The number of anilines is 1. The molecule has 0 heterocycles. The molecule has 0 aliphatic rings. The molecule has 0 radical (unpaired) electrons. The van der Waals surface area contributed by atoms with Crippen LogP contribution >= 0.6 is 0 Å². The molecule has 0 aliphatic heterocycles. The van der Waals surface area contributed by atoms with Crippen LogP contribution in [-0.4, -0.2) is 11.7 Å². The summed E-state index contributed by atoms with van der Waals surface area (Å²) in [5.74, 6) is -0.181. The lowest BCUT2D eigenvalue weighted by molar-refractivity contribution is 0.457. The van der Waals surface area contributed by atoms with Gasteiger partial charge in [0, 0.05) is 17.8 Å². The van der Waals surface area contributed by atoms with Crippen LogP contribution in [0.2, 0.25) is 0 Å². The van der Waals surface area contributed by atoms with Gasteiger partial charge in [0.25, 0.3) is 0 Å². The van der Waals surface area contributed by atoms with Crippen molar-refractivity contribution in [2.45, 2.75) is 32.7 Å². The third kappa shape index (κ3) is 3.75. The quantitative estimate of drug-likeness (QED) is 0.817. The molecule has 1 unspecified atom stereocenters. The van der Waals surface area contributed by atoms with Crippen molar-refractivity contribution in [2.75, 3.05) is 11.4 Å². The second kappa shape index (κ2) is 7.11. The van der Waals surface area contributed by atoms with Crippen molar-refractivity contribution in [1.82, 2.24) is 0 Å². The van der Waals surface area contributed by atoms with Crippen molar-refractivity contribution in [3.05, 3.63) is 59.9 Å². The second-order valence-electron chi connectivity index (χ2n) is 5.26. The molecule has 0 spiro atoms. The molecule has 2 rings (SSSR count). The molecular formula is C18H22FNO. The highest BCUT2D eigenvalue weighted by Crippen LogP contribution is 2.32. The fraction of sp³-hybridized carbons (Fsp3) is 0.333. The predicted octanol–water partition coefficient (Wildman–Crippen LogP) is 4.90. The molecule has 0 aromatic heterocycles. The molecule has 3 heteroatoms. The maximum absolute atomic E-state index is 13.5. The Morgan fingerprint density at radius 3 is 2.52 bits per heavy atom. The van der Waals surface area contributed by atoms with E-state index in [-0.39, 0.29) is 17.6 Å². The Morgan fingerprint density at radius 2 is 1.86 bits per heavy atom. The molecule has 0 aliphatic carbocycles. The van der Waals surface area contributed by atoms with Crippen molar-refractivity contribution in [3.63, 3.8) is 0 Å². The molecule has 0 fully saturated rings. The van der Waals surface area contributed by atoms with Crippen molar-refractivity contribution >= 4 is 5.69 Å². The van der Waals surface area contributed by atoms with Crippen molar-refractivity contribution < 1.29 is 9.50 Å². The van der Waals surface area contributed by atoms with Gasteiger partial charge in [0.15, 0.2) is 0 Å². The molecule has 0 saturated heterocycles. The Hall–Kier alpha value is -2.03. The van der Waals surface area contributed by atoms with Crippen LogP contribution in [0.4, 0.5) is 10.1 Å². The Morgan fingerprint density at radius 1 is 1.14 bits per heavy atom. The summed E-state index contributed by atoms with van der Waals surface area (Å²) in [6.07, 6.45) is 2.14. The number of hydrogen-bond acceptors (Lipinski definition) is 2. The van der Waals surface area contributed by atoms with Gasteiger partial charge in [0.2, 0.25) is 0 Å². The summed E-state index contributed by atoms with van der Waals surface area (Å²) in [6, 6.07) is 14.1. The summed E-state index contributed by atoms with van der Waals surface area (Å²) in [5.41, 5.74) is 1.71. The number of benzene rings is 2. The van der Waals surface area contributed by atoms with E-state index in [0.29, 0.717) is 5.56 Å². The first-order chi connectivity index (χ1) is 10.1. The van der Waals surface area contributed by atoms with E-state index in [1.807, 2.05) is 37.3 Å². The lowest BCUT2D eigenvalue weighted by Gasteiger charge is -2.32. The summed E-state index contributed by atoms with van der Waals surface area (Å²) >= 11 is 0. The number of phenols is 1. The van der Waals surface area contributed by atoms with Gasteiger partial charge in [0.1, 0.15) is 11.6 Å². The minimum atomic E-state index is -0.321. The summed E-state index contributed by atoms with van der Waals surface area (Å²) in [4.78, 5) is 2.21. The Labute approximate surface area is 125 Å². The number of halogens is 1. The molecule has 2 aromatic rings. The lowest BCUT2D eigenvalue weighted by atomic mass is 10.0. The number of hydrogen-bond donors (Lipinski definition) is 1. The molecule has 0 amide bonds. The highest BCUT2D eigenvalue weighted by atomic mass is 19.1. The van der Waals surface area contributed by atoms with Crippen molar-refractivity contribution in [1.29, 1.82) is 0 Å². The maximum atomic E-state index is 13.5. The van der Waals surface area contributed by atoms with Gasteiger partial charge in [-0.15, -0.1) is 0 Å². The van der Waals surface area contributed by atoms with E-state index in [0.717, 1.165) is 25.1 Å². The highest BCUT2D eigenvalue weighted by molar-refractivity contribution is 5.50. The number of para-hydroxylation sites is 1. The van der Waals surface area contributed by atoms with Gasteiger partial charge in [-0.25, -0.2) is 4.39 Å². The Bertz CT molecular complexity index is 571. The van der Waals surface area contributed by atoms with Crippen LogP contribution in [0.3, 0.4) is 0 Å². The average molecular weight is 287 g/mol. The fourth-order valence-electron chi connectivity index (χ4n) is 2.52. The second-order valence-corrected chi connectivity index (χ2v) is 5.26.